The molecule has 2 aromatic rings. The molecule has 2 atom stereocenters. The predicted octanol–water partition coefficient (Wildman–Crippen LogP) is 5.80. The highest BCUT2D eigenvalue weighted by molar-refractivity contribution is 14.1. The zero-order valence-electron chi connectivity index (χ0n) is 27.7. The van der Waals surface area contributed by atoms with Crippen LogP contribution < -0.4 is 20.1 Å². The molecule has 2 rings (SSSR count). The van der Waals surface area contributed by atoms with Crippen molar-refractivity contribution in [3.05, 3.63) is 42.5 Å². The van der Waals surface area contributed by atoms with Crippen LogP contribution in [0.4, 0.5) is 9.59 Å². The lowest BCUT2D eigenvalue weighted by molar-refractivity contribution is -0.143. The number of nitrogens with one attached hydrogen (secondary N) is 2. The van der Waals surface area contributed by atoms with E-state index in [2.05, 4.69) is 55.8 Å². The van der Waals surface area contributed by atoms with E-state index in [1.54, 1.807) is 55.8 Å². The average Bonchev–Trinajstić information content (AvgIpc) is 2.93. The quantitative estimate of drug-likeness (QED) is 0.162. The van der Waals surface area contributed by atoms with E-state index in [9.17, 15) is 19.2 Å². The van der Waals surface area contributed by atoms with Crippen LogP contribution in [0, 0.1) is 7.14 Å². The Labute approximate surface area is 297 Å². The van der Waals surface area contributed by atoms with Crippen molar-refractivity contribution in [3.8, 4) is 22.6 Å². The first-order valence-corrected chi connectivity index (χ1v) is 16.4. The number of alkyl carbamates (subject to hydrolysis) is 2. The second kappa shape index (κ2) is 16.7. The van der Waals surface area contributed by atoms with Crippen molar-refractivity contribution in [3.63, 3.8) is 0 Å². The van der Waals surface area contributed by atoms with Crippen LogP contribution in [0.1, 0.15) is 52.7 Å². The Bertz CT molecular complexity index is 1330. The molecule has 0 heterocycles. The molecule has 2 amide bonds. The molecule has 0 radical (unpaired) electrons. The molecular weight excluding hydrogens is 826 g/mol. The number of ether oxygens (including phenoxy) is 6. The monoisotopic (exact) mass is 868 g/mol. The van der Waals surface area contributed by atoms with Crippen LogP contribution in [0.15, 0.2) is 24.3 Å². The number of carbonyl (C=O) groups is 4. The highest BCUT2D eigenvalue weighted by atomic mass is 127. The number of amides is 2. The van der Waals surface area contributed by atoms with Crippen LogP contribution in [-0.4, -0.2) is 75.9 Å². The predicted molar refractivity (Wildman–Crippen MR) is 188 cm³/mol. The van der Waals surface area contributed by atoms with Crippen LogP contribution >= 0.6 is 45.2 Å². The van der Waals surface area contributed by atoms with Gasteiger partial charge in [0.1, 0.15) is 34.8 Å². The van der Waals surface area contributed by atoms with Gasteiger partial charge in [0.2, 0.25) is 0 Å². The molecule has 0 aliphatic heterocycles. The summed E-state index contributed by atoms with van der Waals surface area (Å²) in [5, 5.41) is 5.21. The lowest BCUT2D eigenvalue weighted by Crippen LogP contribution is -2.45. The summed E-state index contributed by atoms with van der Waals surface area (Å²) in [6.45, 7) is 10.3. The van der Waals surface area contributed by atoms with Crippen LogP contribution in [0.3, 0.4) is 0 Å². The molecule has 254 valence electrons. The third kappa shape index (κ3) is 11.7. The van der Waals surface area contributed by atoms with Crippen LogP contribution in [0.5, 0.6) is 11.5 Å². The van der Waals surface area contributed by atoms with E-state index >= 15 is 0 Å². The second-order valence-electron chi connectivity index (χ2n) is 12.2. The van der Waals surface area contributed by atoms with Crippen LogP contribution in [0.25, 0.3) is 11.1 Å². The maximum Gasteiger partial charge on any atom is 0.408 e. The molecule has 14 heteroatoms. The minimum absolute atomic E-state index is 0.0855. The first-order valence-electron chi connectivity index (χ1n) is 14.2. The van der Waals surface area contributed by atoms with E-state index in [4.69, 9.17) is 28.4 Å². The third-order valence-corrected chi connectivity index (χ3v) is 7.74. The normalized spacial score (nSPS) is 12.7. The van der Waals surface area contributed by atoms with E-state index in [0.717, 1.165) is 7.14 Å². The Morgan fingerprint density at radius 2 is 0.957 bits per heavy atom. The minimum Gasteiger partial charge on any atom is -0.495 e. The SMILES string of the molecule is COC(=O)[C@H](Cc1cc(I)c(OC)c(-c2cc(C[C@H](NC(=O)OC(C)(C)C)C(=O)OC)cc(I)c2OC)c1)NC(=O)OC(C)(C)C. The number of hydrogen-bond acceptors (Lipinski definition) is 10. The van der Waals surface area contributed by atoms with Gasteiger partial charge >= 0.3 is 24.1 Å². The Balaban J connectivity index is 2.61. The fourth-order valence-electron chi connectivity index (χ4n) is 4.39. The van der Waals surface area contributed by atoms with Crippen molar-refractivity contribution in [2.75, 3.05) is 28.4 Å². The summed E-state index contributed by atoms with van der Waals surface area (Å²) in [4.78, 5) is 50.5. The molecule has 0 bridgehead atoms. The molecule has 0 aromatic heterocycles. The van der Waals surface area contributed by atoms with Crippen molar-refractivity contribution < 1.29 is 47.6 Å². The lowest BCUT2D eigenvalue weighted by atomic mass is 9.95. The molecule has 0 aliphatic carbocycles. The van der Waals surface area contributed by atoms with Gasteiger partial charge in [-0.05, 0) is 122 Å². The van der Waals surface area contributed by atoms with E-state index in [1.165, 1.54) is 14.2 Å². The first kappa shape index (κ1) is 39.2. The molecule has 0 aliphatic rings. The molecule has 2 N–H and O–H groups in total. The summed E-state index contributed by atoms with van der Waals surface area (Å²) in [6.07, 6.45) is -1.34. The number of methoxy groups -OCH3 is 4. The molecular formula is C32H42I2N2O10. The Morgan fingerprint density at radius 1 is 0.630 bits per heavy atom. The molecule has 0 spiro atoms. The zero-order chi connectivity index (χ0) is 35.0. The van der Waals surface area contributed by atoms with Gasteiger partial charge in [-0.1, -0.05) is 0 Å². The Kier molecular flexibility index (Phi) is 14.2. The summed E-state index contributed by atoms with van der Waals surface area (Å²) in [7, 11) is 5.57. The smallest absolute Gasteiger partial charge is 0.408 e. The van der Waals surface area contributed by atoms with Gasteiger partial charge in [-0.25, -0.2) is 19.2 Å². The summed E-state index contributed by atoms with van der Waals surface area (Å²) in [6, 6.07) is 5.28. The van der Waals surface area contributed by atoms with Gasteiger partial charge in [0, 0.05) is 24.0 Å². The third-order valence-electron chi connectivity index (χ3n) is 6.14. The summed E-state index contributed by atoms with van der Waals surface area (Å²) in [5.41, 5.74) is 1.12. The largest absolute Gasteiger partial charge is 0.495 e. The zero-order valence-corrected chi connectivity index (χ0v) is 32.0. The van der Waals surface area contributed by atoms with Crippen LogP contribution in [0.2, 0.25) is 0 Å². The first-order chi connectivity index (χ1) is 21.3. The average molecular weight is 869 g/mol. The van der Waals surface area contributed by atoms with Gasteiger partial charge < -0.3 is 39.1 Å². The summed E-state index contributed by atoms with van der Waals surface area (Å²) < 4.78 is 33.7. The van der Waals surface area contributed by atoms with Gasteiger partial charge in [0.05, 0.1) is 35.6 Å². The highest BCUT2D eigenvalue weighted by Crippen LogP contribution is 2.43. The van der Waals surface area contributed by atoms with Crippen molar-refractivity contribution in [1.82, 2.24) is 10.6 Å². The van der Waals surface area contributed by atoms with Gasteiger partial charge in [0.15, 0.2) is 0 Å². The van der Waals surface area contributed by atoms with Gasteiger partial charge in [-0.15, -0.1) is 0 Å². The maximum absolute atomic E-state index is 12.7. The topological polar surface area (TPSA) is 148 Å². The summed E-state index contributed by atoms with van der Waals surface area (Å²) >= 11 is 4.27. The lowest BCUT2D eigenvalue weighted by Gasteiger charge is -2.24. The van der Waals surface area contributed by atoms with Crippen LogP contribution in [-0.2, 0) is 41.4 Å². The van der Waals surface area contributed by atoms with E-state index in [1.807, 2.05) is 24.3 Å². The number of hydrogen-bond donors (Lipinski definition) is 2. The standard InChI is InChI=1S/C32H42I2N2O10/c1-31(2,3)45-29(39)35-23(27(37)43-9)15-17-11-19(25(41-7)21(33)13-17)20-12-18(14-22(34)26(20)42-8)16-24(28(38)44-10)36-30(40)46-32(4,5)6/h11-14,23-24H,15-16H2,1-10H3,(H,35,39)(H,36,40)/t23-,24-/m0/s1. The van der Waals surface area contributed by atoms with Gasteiger partial charge in [-0.3, -0.25) is 0 Å². The van der Waals surface area contributed by atoms with E-state index in [0.29, 0.717) is 33.8 Å². The number of benzene rings is 2. The van der Waals surface area contributed by atoms with E-state index in [-0.39, 0.29) is 12.8 Å². The highest BCUT2D eigenvalue weighted by Gasteiger charge is 2.29. The van der Waals surface area contributed by atoms with Crippen molar-refractivity contribution in [2.24, 2.45) is 0 Å². The molecule has 12 nitrogen and oxygen atoms in total. The maximum atomic E-state index is 12.7. The number of halogens is 2. The summed E-state index contributed by atoms with van der Waals surface area (Å²) in [5.74, 6) is -0.194. The molecule has 46 heavy (non-hydrogen) atoms. The molecule has 0 saturated heterocycles. The van der Waals surface area contributed by atoms with Gasteiger partial charge in [-0.2, -0.15) is 0 Å². The second-order valence-corrected chi connectivity index (χ2v) is 14.5. The molecule has 0 saturated carbocycles. The molecule has 0 fully saturated rings. The van der Waals surface area contributed by atoms with E-state index < -0.39 is 47.4 Å². The number of esters is 2. The number of rotatable bonds is 11. The Morgan fingerprint density at radius 3 is 1.22 bits per heavy atom. The van der Waals surface area contributed by atoms with Crippen molar-refractivity contribution in [1.29, 1.82) is 0 Å². The van der Waals surface area contributed by atoms with Crippen molar-refractivity contribution in [2.45, 2.75) is 77.7 Å². The Hall–Kier alpha value is -3.02. The fraction of sp³-hybridized carbons (Fsp3) is 0.500. The number of carbonyl (C=O) groups excluding carboxylic acids is 4. The van der Waals surface area contributed by atoms with Crippen molar-refractivity contribution >= 4 is 69.3 Å². The molecule has 0 unspecified atom stereocenters. The fourth-order valence-corrected chi connectivity index (χ4v) is 6.21. The van der Waals surface area contributed by atoms with Gasteiger partial charge in [0.25, 0.3) is 0 Å². The minimum atomic E-state index is -1.04. The molecule has 2 aromatic carbocycles.